The van der Waals surface area contributed by atoms with Crippen LogP contribution < -0.4 is 5.73 Å². The summed E-state index contributed by atoms with van der Waals surface area (Å²) in [6.45, 7) is 0.863. The number of pyridine rings is 1. The van der Waals surface area contributed by atoms with E-state index in [4.69, 9.17) is 5.73 Å². The minimum Gasteiger partial charge on any atom is -0.392 e. The van der Waals surface area contributed by atoms with E-state index >= 15 is 0 Å². The first-order valence-corrected chi connectivity index (χ1v) is 9.65. The van der Waals surface area contributed by atoms with Gasteiger partial charge in [0.2, 0.25) is 10.0 Å². The number of ketones is 1. The second kappa shape index (κ2) is 9.00. The van der Waals surface area contributed by atoms with E-state index in [1.807, 2.05) is 30.3 Å². The van der Waals surface area contributed by atoms with Crippen LogP contribution in [0, 0.1) is 0 Å². The Kier molecular flexibility index (Phi) is 6.98. The average molecular weight is 377 g/mol. The van der Waals surface area contributed by atoms with Gasteiger partial charge in [0.15, 0.2) is 5.78 Å². The highest BCUT2D eigenvalue weighted by Gasteiger charge is 2.29. The summed E-state index contributed by atoms with van der Waals surface area (Å²) in [5, 5.41) is 9.66. The van der Waals surface area contributed by atoms with Crippen molar-refractivity contribution < 1.29 is 18.3 Å². The minimum absolute atomic E-state index is 0.0116. The molecule has 7 nitrogen and oxygen atoms in total. The molecule has 0 unspecified atom stereocenters. The van der Waals surface area contributed by atoms with Crippen LogP contribution in [-0.4, -0.2) is 53.8 Å². The highest BCUT2D eigenvalue weighted by Crippen LogP contribution is 2.15. The molecule has 1 heterocycles. The van der Waals surface area contributed by atoms with Gasteiger partial charge < -0.3 is 10.8 Å². The zero-order valence-electron chi connectivity index (χ0n) is 14.5. The van der Waals surface area contributed by atoms with Gasteiger partial charge in [-0.2, -0.15) is 4.31 Å². The standard InChI is InChI=1S/C18H23N3O4S/c1-14(22)12-21(26(24,25)16-7-9-20-10-8-16)13-18(23)17(19)11-15-5-3-2-4-6-15/h2-10,14,17,22H,11-13,19H2,1H3/t14-,17+/m1/s1. The number of nitrogens with two attached hydrogens (primary N) is 1. The molecule has 0 radical (unpaired) electrons. The summed E-state index contributed by atoms with van der Waals surface area (Å²) in [5.74, 6) is -0.410. The van der Waals surface area contributed by atoms with Gasteiger partial charge in [0.05, 0.1) is 23.6 Å². The molecule has 2 rings (SSSR count). The first kappa shape index (κ1) is 20.2. The quantitative estimate of drug-likeness (QED) is 0.661. The molecule has 0 bridgehead atoms. The average Bonchev–Trinajstić information content (AvgIpc) is 2.62. The molecule has 1 aromatic carbocycles. The number of aliphatic hydroxyl groups excluding tert-OH is 1. The zero-order valence-corrected chi connectivity index (χ0v) is 15.3. The third-order valence-corrected chi connectivity index (χ3v) is 5.63. The lowest BCUT2D eigenvalue weighted by Gasteiger charge is -2.24. The molecule has 0 aliphatic rings. The lowest BCUT2D eigenvalue weighted by molar-refractivity contribution is -0.120. The molecule has 2 atom stereocenters. The van der Waals surface area contributed by atoms with Crippen molar-refractivity contribution in [2.24, 2.45) is 5.73 Å². The Morgan fingerprint density at radius 3 is 2.38 bits per heavy atom. The number of benzene rings is 1. The van der Waals surface area contributed by atoms with Crippen molar-refractivity contribution in [1.82, 2.24) is 9.29 Å². The Morgan fingerprint density at radius 2 is 1.81 bits per heavy atom. The van der Waals surface area contributed by atoms with Crippen LogP contribution >= 0.6 is 0 Å². The molecular formula is C18H23N3O4S. The Labute approximate surface area is 153 Å². The predicted molar refractivity (Wildman–Crippen MR) is 97.8 cm³/mol. The summed E-state index contributed by atoms with van der Waals surface area (Å²) in [4.78, 5) is 16.3. The van der Waals surface area contributed by atoms with E-state index in [2.05, 4.69) is 4.98 Å². The van der Waals surface area contributed by atoms with Crippen molar-refractivity contribution in [1.29, 1.82) is 0 Å². The highest BCUT2D eigenvalue weighted by molar-refractivity contribution is 7.89. The van der Waals surface area contributed by atoms with E-state index in [9.17, 15) is 18.3 Å². The van der Waals surface area contributed by atoms with Gasteiger partial charge >= 0.3 is 0 Å². The van der Waals surface area contributed by atoms with Crippen molar-refractivity contribution in [2.75, 3.05) is 13.1 Å². The fourth-order valence-corrected chi connectivity index (χ4v) is 3.95. The Hall–Kier alpha value is -2.13. The smallest absolute Gasteiger partial charge is 0.243 e. The molecule has 0 aliphatic carbocycles. The van der Waals surface area contributed by atoms with E-state index in [1.54, 1.807) is 0 Å². The largest absolute Gasteiger partial charge is 0.392 e. The number of rotatable bonds is 9. The molecule has 0 amide bonds. The van der Waals surface area contributed by atoms with Gasteiger partial charge in [-0.15, -0.1) is 0 Å². The summed E-state index contributed by atoms with van der Waals surface area (Å²) in [5.41, 5.74) is 6.86. The van der Waals surface area contributed by atoms with Crippen molar-refractivity contribution >= 4 is 15.8 Å². The third-order valence-electron chi connectivity index (χ3n) is 3.80. The monoisotopic (exact) mass is 377 g/mol. The van der Waals surface area contributed by atoms with E-state index in [1.165, 1.54) is 31.5 Å². The number of aromatic nitrogens is 1. The van der Waals surface area contributed by atoms with Crippen molar-refractivity contribution in [2.45, 2.75) is 30.4 Å². The first-order chi connectivity index (χ1) is 12.3. The molecule has 0 saturated heterocycles. The molecule has 0 spiro atoms. The molecule has 8 heteroatoms. The highest BCUT2D eigenvalue weighted by atomic mass is 32.2. The van der Waals surface area contributed by atoms with Crippen molar-refractivity contribution in [3.05, 3.63) is 60.4 Å². The zero-order chi connectivity index (χ0) is 19.2. The van der Waals surface area contributed by atoms with Crippen LogP contribution in [0.2, 0.25) is 0 Å². The maximum absolute atomic E-state index is 12.8. The van der Waals surface area contributed by atoms with Crippen LogP contribution in [0.15, 0.2) is 59.8 Å². The summed E-state index contributed by atoms with van der Waals surface area (Å²) in [6, 6.07) is 11.1. The Bertz CT molecular complexity index is 811. The number of carbonyl (C=O) groups is 1. The lowest BCUT2D eigenvalue weighted by Crippen LogP contribution is -2.45. The summed E-state index contributed by atoms with van der Waals surface area (Å²) < 4.78 is 26.5. The van der Waals surface area contributed by atoms with Gasteiger partial charge in [0.1, 0.15) is 0 Å². The fraction of sp³-hybridized carbons (Fsp3) is 0.333. The molecule has 140 valence electrons. The first-order valence-electron chi connectivity index (χ1n) is 8.21. The van der Waals surface area contributed by atoms with E-state index in [0.717, 1.165) is 9.87 Å². The predicted octanol–water partition coefficient (Wildman–Crippen LogP) is 0.592. The summed E-state index contributed by atoms with van der Waals surface area (Å²) in [6.07, 6.45) is 2.11. The summed E-state index contributed by atoms with van der Waals surface area (Å²) in [7, 11) is -3.94. The summed E-state index contributed by atoms with van der Waals surface area (Å²) >= 11 is 0. The fourth-order valence-electron chi connectivity index (χ4n) is 2.47. The number of hydrogen-bond acceptors (Lipinski definition) is 6. The van der Waals surface area contributed by atoms with Gasteiger partial charge in [0.25, 0.3) is 0 Å². The normalized spacial score (nSPS) is 14.2. The maximum Gasteiger partial charge on any atom is 0.243 e. The van der Waals surface area contributed by atoms with E-state index in [0.29, 0.717) is 6.42 Å². The molecule has 26 heavy (non-hydrogen) atoms. The van der Waals surface area contributed by atoms with Gasteiger partial charge in [-0.05, 0) is 31.0 Å². The van der Waals surface area contributed by atoms with Gasteiger partial charge in [0, 0.05) is 18.9 Å². The van der Waals surface area contributed by atoms with Crippen LogP contribution in [0.3, 0.4) is 0 Å². The van der Waals surface area contributed by atoms with Crippen LogP contribution in [0.5, 0.6) is 0 Å². The molecular weight excluding hydrogens is 354 g/mol. The minimum atomic E-state index is -3.94. The number of sulfonamides is 1. The molecule has 0 aliphatic heterocycles. The lowest BCUT2D eigenvalue weighted by atomic mass is 10.0. The Balaban J connectivity index is 2.15. The van der Waals surface area contributed by atoms with Crippen molar-refractivity contribution in [3.8, 4) is 0 Å². The third kappa shape index (κ3) is 5.43. The second-order valence-electron chi connectivity index (χ2n) is 6.09. The topological polar surface area (TPSA) is 114 Å². The molecule has 0 saturated carbocycles. The van der Waals surface area contributed by atoms with Gasteiger partial charge in [-0.25, -0.2) is 8.42 Å². The Morgan fingerprint density at radius 1 is 1.19 bits per heavy atom. The SMILES string of the molecule is C[C@@H](O)CN(CC(=O)[C@@H](N)Cc1ccccc1)S(=O)(=O)c1ccncc1. The number of nitrogens with zero attached hydrogens (tertiary/aromatic N) is 2. The number of Topliss-reactive ketones (excluding diaryl/α,β-unsaturated/α-hetero) is 1. The van der Waals surface area contributed by atoms with E-state index in [-0.39, 0.29) is 11.4 Å². The molecule has 2 aromatic rings. The van der Waals surface area contributed by atoms with Crippen molar-refractivity contribution in [3.63, 3.8) is 0 Å². The molecule has 1 aromatic heterocycles. The molecule has 0 fully saturated rings. The number of aliphatic hydroxyl groups is 1. The van der Waals surface area contributed by atoms with Crippen LogP contribution in [0.1, 0.15) is 12.5 Å². The van der Waals surface area contributed by atoms with Crippen LogP contribution in [0.25, 0.3) is 0 Å². The molecule has 3 N–H and O–H groups in total. The van der Waals surface area contributed by atoms with E-state index < -0.39 is 34.5 Å². The van der Waals surface area contributed by atoms with Gasteiger partial charge in [-0.3, -0.25) is 9.78 Å². The second-order valence-corrected chi connectivity index (χ2v) is 8.03. The van der Waals surface area contributed by atoms with Crippen LogP contribution in [0.4, 0.5) is 0 Å². The van der Waals surface area contributed by atoms with Gasteiger partial charge in [-0.1, -0.05) is 30.3 Å². The number of carbonyl (C=O) groups excluding carboxylic acids is 1. The van der Waals surface area contributed by atoms with Crippen LogP contribution in [-0.2, 0) is 21.2 Å². The maximum atomic E-state index is 12.8. The number of hydrogen-bond donors (Lipinski definition) is 2.